The molecule has 2 aromatic rings. The van der Waals surface area contributed by atoms with E-state index in [-0.39, 0.29) is 11.8 Å². The van der Waals surface area contributed by atoms with E-state index in [2.05, 4.69) is 20.4 Å². The van der Waals surface area contributed by atoms with E-state index in [9.17, 15) is 9.59 Å². The molecule has 2 amide bonds. The lowest BCUT2D eigenvalue weighted by Crippen LogP contribution is -2.17. The van der Waals surface area contributed by atoms with Crippen LogP contribution >= 0.6 is 0 Å². The number of hydrazone groups is 1. The number of carbonyl (C=O) groups is 2. The molecule has 2 N–H and O–H groups in total. The zero-order valence-corrected chi connectivity index (χ0v) is 13.7. The standard InChI is InChI=1S/C17H20N4O2/c1-11-9-15(12(2)21(11)4)10-18-20-17(23)14-5-7-16(8-6-14)19-13(3)22/h5-10H,1-4H3,(H,19,22)(H,20,23)/b18-10-. The second-order valence-electron chi connectivity index (χ2n) is 5.34. The molecular formula is C17H20N4O2. The molecular weight excluding hydrogens is 292 g/mol. The van der Waals surface area contributed by atoms with Crippen LogP contribution in [0.1, 0.15) is 34.2 Å². The van der Waals surface area contributed by atoms with Gasteiger partial charge < -0.3 is 9.88 Å². The average molecular weight is 312 g/mol. The summed E-state index contributed by atoms with van der Waals surface area (Å²) in [5.41, 5.74) is 6.79. The number of nitrogens with zero attached hydrogens (tertiary/aromatic N) is 2. The number of aromatic nitrogens is 1. The van der Waals surface area contributed by atoms with Crippen molar-refractivity contribution in [1.82, 2.24) is 9.99 Å². The van der Waals surface area contributed by atoms with Crippen molar-refractivity contribution in [2.75, 3.05) is 5.32 Å². The van der Waals surface area contributed by atoms with Crippen molar-refractivity contribution in [2.45, 2.75) is 20.8 Å². The van der Waals surface area contributed by atoms with E-state index in [0.717, 1.165) is 17.0 Å². The molecule has 0 aliphatic heterocycles. The molecule has 0 saturated carbocycles. The van der Waals surface area contributed by atoms with E-state index in [4.69, 9.17) is 0 Å². The maximum absolute atomic E-state index is 12.0. The van der Waals surface area contributed by atoms with E-state index < -0.39 is 0 Å². The highest BCUT2D eigenvalue weighted by Gasteiger charge is 2.06. The van der Waals surface area contributed by atoms with E-state index >= 15 is 0 Å². The van der Waals surface area contributed by atoms with Gasteiger partial charge in [-0.15, -0.1) is 0 Å². The molecule has 120 valence electrons. The molecule has 0 unspecified atom stereocenters. The van der Waals surface area contributed by atoms with Crippen molar-refractivity contribution in [1.29, 1.82) is 0 Å². The smallest absolute Gasteiger partial charge is 0.271 e. The van der Waals surface area contributed by atoms with Crippen molar-refractivity contribution in [2.24, 2.45) is 12.1 Å². The third-order valence-corrected chi connectivity index (χ3v) is 3.65. The topological polar surface area (TPSA) is 75.5 Å². The van der Waals surface area contributed by atoms with Crippen LogP contribution < -0.4 is 10.7 Å². The summed E-state index contributed by atoms with van der Waals surface area (Å²) in [5, 5.41) is 6.64. The van der Waals surface area contributed by atoms with Crippen LogP contribution in [0.15, 0.2) is 35.4 Å². The van der Waals surface area contributed by atoms with Gasteiger partial charge in [-0.05, 0) is 44.2 Å². The van der Waals surface area contributed by atoms with Crippen molar-refractivity contribution >= 4 is 23.7 Å². The number of aryl methyl sites for hydroxylation is 1. The van der Waals surface area contributed by atoms with Crippen molar-refractivity contribution in [3.05, 3.63) is 52.8 Å². The summed E-state index contributed by atoms with van der Waals surface area (Å²) in [4.78, 5) is 23.0. The summed E-state index contributed by atoms with van der Waals surface area (Å²) in [5.74, 6) is -0.457. The molecule has 0 bridgehead atoms. The number of anilines is 1. The van der Waals surface area contributed by atoms with Gasteiger partial charge in [0.2, 0.25) is 5.91 Å². The molecule has 1 heterocycles. The van der Waals surface area contributed by atoms with Crippen LogP contribution in [0.4, 0.5) is 5.69 Å². The van der Waals surface area contributed by atoms with Crippen LogP contribution in [0.3, 0.4) is 0 Å². The zero-order valence-electron chi connectivity index (χ0n) is 13.7. The lowest BCUT2D eigenvalue weighted by Gasteiger charge is -2.03. The van der Waals surface area contributed by atoms with Crippen molar-refractivity contribution in [3.8, 4) is 0 Å². The van der Waals surface area contributed by atoms with Gasteiger partial charge in [-0.1, -0.05) is 0 Å². The van der Waals surface area contributed by atoms with Crippen LogP contribution in [0.2, 0.25) is 0 Å². The van der Waals surface area contributed by atoms with Crippen molar-refractivity contribution in [3.63, 3.8) is 0 Å². The van der Waals surface area contributed by atoms with Gasteiger partial charge in [0.05, 0.1) is 6.21 Å². The number of benzene rings is 1. The second-order valence-corrected chi connectivity index (χ2v) is 5.34. The Morgan fingerprint density at radius 2 is 1.83 bits per heavy atom. The SMILES string of the molecule is CC(=O)Nc1ccc(C(=O)N/N=C\c2cc(C)n(C)c2C)cc1. The Balaban J connectivity index is 2.00. The Morgan fingerprint density at radius 1 is 1.17 bits per heavy atom. The van der Waals surface area contributed by atoms with Gasteiger partial charge in [0.1, 0.15) is 0 Å². The third kappa shape index (κ3) is 4.06. The summed E-state index contributed by atoms with van der Waals surface area (Å²) in [6.45, 7) is 5.44. The first-order valence-electron chi connectivity index (χ1n) is 7.22. The van der Waals surface area contributed by atoms with Gasteiger partial charge in [0, 0.05) is 42.2 Å². The van der Waals surface area contributed by atoms with Gasteiger partial charge >= 0.3 is 0 Å². The number of carbonyl (C=O) groups excluding carboxylic acids is 2. The van der Waals surface area contributed by atoms with E-state index in [0.29, 0.717) is 11.3 Å². The maximum atomic E-state index is 12.0. The molecule has 23 heavy (non-hydrogen) atoms. The van der Waals surface area contributed by atoms with E-state index in [1.807, 2.05) is 27.0 Å². The molecule has 1 aromatic heterocycles. The van der Waals surface area contributed by atoms with E-state index in [1.54, 1.807) is 30.5 Å². The van der Waals surface area contributed by atoms with Crippen LogP contribution in [-0.2, 0) is 11.8 Å². The van der Waals surface area contributed by atoms with Crippen LogP contribution in [0.5, 0.6) is 0 Å². The Bertz CT molecular complexity index is 758. The minimum absolute atomic E-state index is 0.152. The molecule has 0 atom stereocenters. The molecule has 0 radical (unpaired) electrons. The summed E-state index contributed by atoms with van der Waals surface area (Å²) in [7, 11) is 1.98. The average Bonchev–Trinajstić information content (AvgIpc) is 2.74. The Morgan fingerprint density at radius 3 is 2.35 bits per heavy atom. The third-order valence-electron chi connectivity index (χ3n) is 3.65. The van der Waals surface area contributed by atoms with Crippen LogP contribution in [0, 0.1) is 13.8 Å². The molecule has 6 heteroatoms. The first-order valence-corrected chi connectivity index (χ1v) is 7.22. The first-order chi connectivity index (χ1) is 10.9. The molecule has 0 fully saturated rings. The van der Waals surface area contributed by atoms with Crippen molar-refractivity contribution < 1.29 is 9.59 Å². The van der Waals surface area contributed by atoms with Gasteiger partial charge in [-0.3, -0.25) is 9.59 Å². The van der Waals surface area contributed by atoms with E-state index in [1.165, 1.54) is 6.92 Å². The number of nitrogens with one attached hydrogen (secondary N) is 2. The Kier molecular flexibility index (Phi) is 4.95. The maximum Gasteiger partial charge on any atom is 0.271 e. The summed E-state index contributed by atoms with van der Waals surface area (Å²) >= 11 is 0. The highest BCUT2D eigenvalue weighted by atomic mass is 16.2. The normalized spacial score (nSPS) is 10.8. The number of hydrogen-bond donors (Lipinski definition) is 2. The molecule has 0 saturated heterocycles. The predicted molar refractivity (Wildman–Crippen MR) is 90.7 cm³/mol. The minimum Gasteiger partial charge on any atom is -0.352 e. The second kappa shape index (κ2) is 6.91. The summed E-state index contributed by atoms with van der Waals surface area (Å²) < 4.78 is 2.06. The highest BCUT2D eigenvalue weighted by molar-refractivity contribution is 5.96. The Hall–Kier alpha value is -2.89. The number of rotatable bonds is 4. The first kappa shape index (κ1) is 16.5. The number of amides is 2. The van der Waals surface area contributed by atoms with Crippen LogP contribution in [0.25, 0.3) is 0 Å². The zero-order chi connectivity index (χ0) is 17.0. The summed E-state index contributed by atoms with van der Waals surface area (Å²) in [6, 6.07) is 8.62. The predicted octanol–water partition coefficient (Wildman–Crippen LogP) is 2.36. The summed E-state index contributed by atoms with van der Waals surface area (Å²) in [6.07, 6.45) is 1.63. The quantitative estimate of drug-likeness (QED) is 0.672. The molecule has 6 nitrogen and oxygen atoms in total. The molecule has 0 aliphatic carbocycles. The van der Waals surface area contributed by atoms with Gasteiger partial charge in [-0.2, -0.15) is 5.10 Å². The lowest BCUT2D eigenvalue weighted by atomic mass is 10.2. The fraction of sp³-hybridized carbons (Fsp3) is 0.235. The Labute approximate surface area is 135 Å². The lowest BCUT2D eigenvalue weighted by molar-refractivity contribution is -0.114. The molecule has 2 rings (SSSR count). The molecule has 0 spiro atoms. The fourth-order valence-electron chi connectivity index (χ4n) is 2.15. The highest BCUT2D eigenvalue weighted by Crippen LogP contribution is 2.11. The van der Waals surface area contributed by atoms with Gasteiger partial charge in [0.25, 0.3) is 5.91 Å². The minimum atomic E-state index is -0.305. The monoisotopic (exact) mass is 312 g/mol. The molecule has 1 aromatic carbocycles. The molecule has 0 aliphatic rings. The fourth-order valence-corrected chi connectivity index (χ4v) is 2.15. The van der Waals surface area contributed by atoms with Crippen LogP contribution in [-0.4, -0.2) is 22.6 Å². The van der Waals surface area contributed by atoms with Gasteiger partial charge in [0.15, 0.2) is 0 Å². The van der Waals surface area contributed by atoms with Gasteiger partial charge in [-0.25, -0.2) is 5.43 Å². The number of hydrogen-bond acceptors (Lipinski definition) is 3. The largest absolute Gasteiger partial charge is 0.352 e.